The van der Waals surface area contributed by atoms with Gasteiger partial charge in [0.15, 0.2) is 11.5 Å². The second-order valence-electron chi connectivity index (χ2n) is 9.00. The van der Waals surface area contributed by atoms with Crippen LogP contribution >= 0.6 is 0 Å². The quantitative estimate of drug-likeness (QED) is 0.712. The number of nitrogens with zero attached hydrogens (tertiary/aromatic N) is 2. The molecule has 0 aliphatic carbocycles. The molecule has 3 unspecified atom stereocenters. The average Bonchev–Trinajstić information content (AvgIpc) is 3.03. The van der Waals surface area contributed by atoms with Gasteiger partial charge in [-0.3, -0.25) is 19.4 Å². The number of benzene rings is 2. The molecule has 0 spiro atoms. The molecule has 0 aromatic heterocycles. The molecule has 3 heterocycles. The lowest BCUT2D eigenvalue weighted by Gasteiger charge is -2.39. The number of fused-ring (bicyclic) bond motifs is 1. The SMILES string of the molecule is CC1(c2ccccc2)CC(=O)N(C2CCCN(CC3COc4ccccc4O3)C2)C1=O. The summed E-state index contributed by atoms with van der Waals surface area (Å²) in [7, 11) is 0. The number of hydrogen-bond donors (Lipinski definition) is 0. The number of carbonyl (C=O) groups excluding carboxylic acids is 2. The van der Waals surface area contributed by atoms with Gasteiger partial charge in [0.1, 0.15) is 12.7 Å². The van der Waals surface area contributed by atoms with Crippen LogP contribution in [0, 0.1) is 0 Å². The van der Waals surface area contributed by atoms with Gasteiger partial charge in [0.25, 0.3) is 0 Å². The van der Waals surface area contributed by atoms with Crippen LogP contribution in [0.5, 0.6) is 11.5 Å². The third-order valence-electron chi connectivity index (χ3n) is 6.75. The first-order valence-electron chi connectivity index (χ1n) is 11.1. The van der Waals surface area contributed by atoms with Gasteiger partial charge in [-0.1, -0.05) is 42.5 Å². The Morgan fingerprint density at radius 3 is 2.58 bits per heavy atom. The van der Waals surface area contributed by atoms with Crippen molar-refractivity contribution in [3.8, 4) is 11.5 Å². The predicted molar refractivity (Wildman–Crippen MR) is 116 cm³/mol. The van der Waals surface area contributed by atoms with Gasteiger partial charge in [0.2, 0.25) is 11.8 Å². The van der Waals surface area contributed by atoms with Crippen LogP contribution in [0.4, 0.5) is 0 Å². The molecule has 162 valence electrons. The Morgan fingerprint density at radius 1 is 1.03 bits per heavy atom. The molecule has 6 heteroatoms. The maximum Gasteiger partial charge on any atom is 0.240 e. The molecule has 0 saturated carbocycles. The largest absolute Gasteiger partial charge is 0.486 e. The van der Waals surface area contributed by atoms with Gasteiger partial charge in [0, 0.05) is 19.5 Å². The zero-order valence-electron chi connectivity index (χ0n) is 17.8. The molecular formula is C25H28N2O4. The first-order valence-corrected chi connectivity index (χ1v) is 11.1. The fourth-order valence-electron chi connectivity index (χ4n) is 5.09. The average molecular weight is 421 g/mol. The number of hydrogen-bond acceptors (Lipinski definition) is 5. The molecule has 6 nitrogen and oxygen atoms in total. The number of amides is 2. The summed E-state index contributed by atoms with van der Waals surface area (Å²) in [6.45, 7) is 4.74. The number of piperidine rings is 1. The normalized spacial score (nSPS) is 28.7. The molecule has 2 aromatic rings. The summed E-state index contributed by atoms with van der Waals surface area (Å²) in [6, 6.07) is 17.3. The van der Waals surface area contributed by atoms with E-state index in [1.165, 1.54) is 0 Å². The maximum absolute atomic E-state index is 13.4. The van der Waals surface area contributed by atoms with Gasteiger partial charge in [0.05, 0.1) is 11.5 Å². The Balaban J connectivity index is 1.26. The molecule has 2 fully saturated rings. The van der Waals surface area contributed by atoms with E-state index in [4.69, 9.17) is 9.47 Å². The first-order chi connectivity index (χ1) is 15.0. The molecule has 31 heavy (non-hydrogen) atoms. The van der Waals surface area contributed by atoms with Crippen molar-refractivity contribution in [2.24, 2.45) is 0 Å². The van der Waals surface area contributed by atoms with Crippen molar-refractivity contribution in [2.45, 2.75) is 43.7 Å². The summed E-state index contributed by atoms with van der Waals surface area (Å²) >= 11 is 0. The van der Waals surface area contributed by atoms with Crippen LogP contribution in [0.2, 0.25) is 0 Å². The number of rotatable bonds is 4. The van der Waals surface area contributed by atoms with E-state index in [-0.39, 0.29) is 30.4 Å². The smallest absolute Gasteiger partial charge is 0.240 e. The van der Waals surface area contributed by atoms with Crippen LogP contribution in [0.3, 0.4) is 0 Å². The van der Waals surface area contributed by atoms with E-state index >= 15 is 0 Å². The third kappa shape index (κ3) is 3.69. The fraction of sp³-hybridized carbons (Fsp3) is 0.440. The lowest BCUT2D eigenvalue weighted by molar-refractivity contribution is -0.143. The van der Waals surface area contributed by atoms with Crippen molar-refractivity contribution in [3.05, 3.63) is 60.2 Å². The number of likely N-dealkylation sites (tertiary alicyclic amines) is 2. The van der Waals surface area contributed by atoms with Crippen LogP contribution in [-0.2, 0) is 15.0 Å². The van der Waals surface area contributed by atoms with Gasteiger partial charge in [-0.15, -0.1) is 0 Å². The van der Waals surface area contributed by atoms with Crippen molar-refractivity contribution < 1.29 is 19.1 Å². The molecule has 2 saturated heterocycles. The van der Waals surface area contributed by atoms with E-state index in [2.05, 4.69) is 4.90 Å². The number of carbonyl (C=O) groups is 2. The van der Waals surface area contributed by atoms with E-state index in [1.807, 2.05) is 61.5 Å². The highest BCUT2D eigenvalue weighted by Crippen LogP contribution is 2.38. The summed E-state index contributed by atoms with van der Waals surface area (Å²) in [6.07, 6.45) is 1.98. The highest BCUT2D eigenvalue weighted by Gasteiger charge is 2.51. The Hall–Kier alpha value is -2.86. The minimum absolute atomic E-state index is 0.0608. The number of para-hydroxylation sites is 2. The topological polar surface area (TPSA) is 59.1 Å². The van der Waals surface area contributed by atoms with Gasteiger partial charge in [-0.2, -0.15) is 0 Å². The summed E-state index contributed by atoms with van der Waals surface area (Å²) < 4.78 is 12.0. The van der Waals surface area contributed by atoms with Crippen molar-refractivity contribution in [3.63, 3.8) is 0 Å². The highest BCUT2D eigenvalue weighted by atomic mass is 16.6. The van der Waals surface area contributed by atoms with Crippen LogP contribution in [-0.4, -0.2) is 60.0 Å². The van der Waals surface area contributed by atoms with Gasteiger partial charge >= 0.3 is 0 Å². The van der Waals surface area contributed by atoms with Crippen molar-refractivity contribution in [1.29, 1.82) is 0 Å². The van der Waals surface area contributed by atoms with Crippen LogP contribution in [0.25, 0.3) is 0 Å². The molecule has 3 aliphatic heterocycles. The third-order valence-corrected chi connectivity index (χ3v) is 6.75. The van der Waals surface area contributed by atoms with Crippen LogP contribution < -0.4 is 9.47 Å². The monoisotopic (exact) mass is 420 g/mol. The van der Waals surface area contributed by atoms with Crippen LogP contribution in [0.15, 0.2) is 54.6 Å². The molecule has 0 N–H and O–H groups in total. The van der Waals surface area contributed by atoms with Crippen molar-refractivity contribution in [2.75, 3.05) is 26.2 Å². The molecular weight excluding hydrogens is 392 g/mol. The van der Waals surface area contributed by atoms with E-state index in [9.17, 15) is 9.59 Å². The Bertz CT molecular complexity index is 978. The minimum atomic E-state index is -0.773. The summed E-state index contributed by atoms with van der Waals surface area (Å²) in [4.78, 5) is 30.2. The lowest BCUT2D eigenvalue weighted by atomic mass is 9.81. The van der Waals surface area contributed by atoms with Gasteiger partial charge < -0.3 is 9.47 Å². The Kier molecular flexibility index (Phi) is 5.18. The second kappa shape index (κ2) is 8.00. The van der Waals surface area contributed by atoms with E-state index in [0.717, 1.165) is 43.0 Å². The van der Waals surface area contributed by atoms with E-state index in [1.54, 1.807) is 4.90 Å². The second-order valence-corrected chi connectivity index (χ2v) is 9.00. The molecule has 3 aliphatic rings. The van der Waals surface area contributed by atoms with Crippen molar-refractivity contribution in [1.82, 2.24) is 9.80 Å². The van der Waals surface area contributed by atoms with Gasteiger partial charge in [-0.25, -0.2) is 0 Å². The molecule has 2 amide bonds. The summed E-state index contributed by atoms with van der Waals surface area (Å²) in [5.41, 5.74) is 0.139. The standard InChI is InChI=1S/C25H28N2O4/c1-25(18-8-3-2-4-9-18)14-23(28)27(24(25)29)19-10-7-13-26(15-19)16-20-17-30-21-11-5-6-12-22(21)31-20/h2-6,8-9,11-12,19-20H,7,10,13-17H2,1H3. The molecule has 3 atom stereocenters. The highest BCUT2D eigenvalue weighted by molar-refractivity contribution is 6.09. The van der Waals surface area contributed by atoms with Gasteiger partial charge in [-0.05, 0) is 44.0 Å². The minimum Gasteiger partial charge on any atom is -0.486 e. The molecule has 5 rings (SSSR count). The van der Waals surface area contributed by atoms with Crippen LogP contribution in [0.1, 0.15) is 31.7 Å². The molecule has 2 aromatic carbocycles. The Labute approximate surface area is 182 Å². The Morgan fingerprint density at radius 2 is 1.77 bits per heavy atom. The zero-order chi connectivity index (χ0) is 21.4. The maximum atomic E-state index is 13.4. The summed E-state index contributed by atoms with van der Waals surface area (Å²) in [5.74, 6) is 1.43. The first kappa shape index (κ1) is 20.1. The van der Waals surface area contributed by atoms with Crippen molar-refractivity contribution >= 4 is 11.8 Å². The molecule has 0 radical (unpaired) electrons. The fourth-order valence-corrected chi connectivity index (χ4v) is 5.09. The lowest BCUT2D eigenvalue weighted by Crippen LogP contribution is -2.53. The zero-order valence-corrected chi connectivity index (χ0v) is 17.8. The van der Waals surface area contributed by atoms with E-state index < -0.39 is 5.41 Å². The predicted octanol–water partition coefficient (Wildman–Crippen LogP) is 3.01. The number of imide groups is 1. The van der Waals surface area contributed by atoms with E-state index in [0.29, 0.717) is 13.2 Å². The molecule has 0 bridgehead atoms. The number of ether oxygens (including phenoxy) is 2. The summed E-state index contributed by atoms with van der Waals surface area (Å²) in [5, 5.41) is 0.